The Morgan fingerprint density at radius 3 is 2.88 bits per heavy atom. The summed E-state index contributed by atoms with van der Waals surface area (Å²) in [6.07, 6.45) is 3.18. The third-order valence-electron chi connectivity index (χ3n) is 2.92. The SMILES string of the molecule is CSc1ncc(C#CCCNC(=O)OCc2ccccc2)c(=O)[nH]1. The van der Waals surface area contributed by atoms with Crippen molar-refractivity contribution in [1.29, 1.82) is 0 Å². The molecule has 124 valence electrons. The minimum atomic E-state index is -0.496. The molecule has 0 bridgehead atoms. The number of aromatic amines is 1. The molecule has 0 saturated carbocycles. The predicted octanol–water partition coefficient (Wildman–Crippen LogP) is 2.16. The van der Waals surface area contributed by atoms with Crippen LogP contribution in [-0.2, 0) is 11.3 Å². The van der Waals surface area contributed by atoms with Gasteiger partial charge in [0.2, 0.25) is 0 Å². The van der Waals surface area contributed by atoms with Crippen molar-refractivity contribution in [2.24, 2.45) is 0 Å². The van der Waals surface area contributed by atoms with E-state index in [4.69, 9.17) is 4.74 Å². The fraction of sp³-hybridized carbons (Fsp3) is 0.235. The van der Waals surface area contributed by atoms with E-state index in [1.807, 2.05) is 36.6 Å². The zero-order valence-corrected chi connectivity index (χ0v) is 14.0. The number of carbonyl (C=O) groups is 1. The van der Waals surface area contributed by atoms with Crippen molar-refractivity contribution in [3.63, 3.8) is 0 Å². The number of alkyl carbamates (subject to hydrolysis) is 1. The first-order valence-corrected chi connectivity index (χ1v) is 8.48. The molecule has 0 aliphatic heterocycles. The molecule has 1 aromatic carbocycles. The van der Waals surface area contributed by atoms with Gasteiger partial charge < -0.3 is 15.0 Å². The first-order valence-electron chi connectivity index (χ1n) is 7.26. The molecular formula is C17H17N3O3S. The van der Waals surface area contributed by atoms with Crippen molar-refractivity contribution in [1.82, 2.24) is 15.3 Å². The summed E-state index contributed by atoms with van der Waals surface area (Å²) >= 11 is 1.35. The maximum Gasteiger partial charge on any atom is 0.407 e. The van der Waals surface area contributed by atoms with Gasteiger partial charge in [-0.2, -0.15) is 0 Å². The molecule has 2 aromatic rings. The Balaban J connectivity index is 1.71. The van der Waals surface area contributed by atoms with Crippen LogP contribution in [0.2, 0.25) is 0 Å². The minimum absolute atomic E-state index is 0.223. The number of H-pyrrole nitrogens is 1. The summed E-state index contributed by atoms with van der Waals surface area (Å²) in [6.45, 7) is 0.566. The van der Waals surface area contributed by atoms with Gasteiger partial charge in [-0.1, -0.05) is 53.9 Å². The molecule has 0 unspecified atom stereocenters. The van der Waals surface area contributed by atoms with Crippen molar-refractivity contribution < 1.29 is 9.53 Å². The highest BCUT2D eigenvalue weighted by Gasteiger charge is 2.01. The lowest BCUT2D eigenvalue weighted by molar-refractivity contribution is 0.140. The molecule has 7 heteroatoms. The second-order valence-electron chi connectivity index (χ2n) is 4.68. The molecule has 0 spiro atoms. The number of amides is 1. The third kappa shape index (κ3) is 5.82. The quantitative estimate of drug-likeness (QED) is 0.376. The Morgan fingerprint density at radius 1 is 1.38 bits per heavy atom. The lowest BCUT2D eigenvalue weighted by Gasteiger charge is -2.05. The monoisotopic (exact) mass is 343 g/mol. The van der Waals surface area contributed by atoms with Gasteiger partial charge in [0.05, 0.1) is 6.20 Å². The summed E-state index contributed by atoms with van der Waals surface area (Å²) in [5.74, 6) is 5.56. The van der Waals surface area contributed by atoms with Crippen molar-refractivity contribution in [2.45, 2.75) is 18.2 Å². The number of benzene rings is 1. The van der Waals surface area contributed by atoms with Crippen LogP contribution >= 0.6 is 11.8 Å². The molecule has 2 N–H and O–H groups in total. The van der Waals surface area contributed by atoms with E-state index in [9.17, 15) is 9.59 Å². The number of aromatic nitrogens is 2. The minimum Gasteiger partial charge on any atom is -0.445 e. The topological polar surface area (TPSA) is 84.1 Å². The van der Waals surface area contributed by atoms with E-state index in [1.165, 1.54) is 18.0 Å². The number of nitrogens with zero attached hydrogens (tertiary/aromatic N) is 1. The largest absolute Gasteiger partial charge is 0.445 e. The maximum atomic E-state index is 11.7. The molecular weight excluding hydrogens is 326 g/mol. The molecule has 0 aliphatic rings. The van der Waals surface area contributed by atoms with Crippen LogP contribution in [0.25, 0.3) is 0 Å². The standard InChI is InChI=1S/C17H17N3O3S/c1-24-16-19-11-14(15(21)20-16)9-5-6-10-18-17(22)23-12-13-7-3-2-4-8-13/h2-4,7-8,11H,6,10,12H2,1H3,(H,18,22)(H,19,20,21). The summed E-state index contributed by atoms with van der Waals surface area (Å²) in [6, 6.07) is 9.43. The van der Waals surface area contributed by atoms with Crippen LogP contribution < -0.4 is 10.9 Å². The summed E-state index contributed by atoms with van der Waals surface area (Å²) < 4.78 is 5.07. The van der Waals surface area contributed by atoms with E-state index in [-0.39, 0.29) is 12.2 Å². The van der Waals surface area contributed by atoms with E-state index in [0.29, 0.717) is 23.7 Å². The summed E-state index contributed by atoms with van der Waals surface area (Å²) in [5, 5.41) is 3.15. The molecule has 0 aliphatic carbocycles. The Morgan fingerprint density at radius 2 is 2.17 bits per heavy atom. The average Bonchev–Trinajstić information content (AvgIpc) is 2.61. The average molecular weight is 343 g/mol. The second-order valence-corrected chi connectivity index (χ2v) is 5.47. The van der Waals surface area contributed by atoms with E-state index >= 15 is 0 Å². The molecule has 1 aromatic heterocycles. The third-order valence-corrected chi connectivity index (χ3v) is 3.52. The van der Waals surface area contributed by atoms with E-state index < -0.39 is 6.09 Å². The lowest BCUT2D eigenvalue weighted by atomic mass is 10.2. The lowest BCUT2D eigenvalue weighted by Crippen LogP contribution is -2.24. The van der Waals surface area contributed by atoms with Gasteiger partial charge in [-0.25, -0.2) is 9.78 Å². The van der Waals surface area contributed by atoms with Crippen LogP contribution in [0.5, 0.6) is 0 Å². The normalized spacial score (nSPS) is 9.71. The van der Waals surface area contributed by atoms with Gasteiger partial charge in [0, 0.05) is 13.0 Å². The fourth-order valence-electron chi connectivity index (χ4n) is 1.73. The Bertz CT molecular complexity index is 794. The number of ether oxygens (including phenoxy) is 1. The highest BCUT2D eigenvalue weighted by Crippen LogP contribution is 2.03. The van der Waals surface area contributed by atoms with Gasteiger partial charge in [0.15, 0.2) is 5.16 Å². The zero-order chi connectivity index (χ0) is 17.2. The molecule has 1 amide bonds. The van der Waals surface area contributed by atoms with Crippen molar-refractivity contribution in [3.8, 4) is 11.8 Å². The number of rotatable bonds is 5. The van der Waals surface area contributed by atoms with E-state index in [2.05, 4.69) is 27.1 Å². The van der Waals surface area contributed by atoms with Crippen molar-refractivity contribution >= 4 is 17.9 Å². The highest BCUT2D eigenvalue weighted by molar-refractivity contribution is 7.98. The van der Waals surface area contributed by atoms with Crippen LogP contribution in [0.4, 0.5) is 4.79 Å². The predicted molar refractivity (Wildman–Crippen MR) is 92.8 cm³/mol. The number of hydrogen-bond acceptors (Lipinski definition) is 5. The molecule has 6 nitrogen and oxygen atoms in total. The van der Waals surface area contributed by atoms with E-state index in [1.54, 1.807) is 0 Å². The molecule has 24 heavy (non-hydrogen) atoms. The molecule has 1 heterocycles. The van der Waals surface area contributed by atoms with Gasteiger partial charge in [-0.05, 0) is 11.8 Å². The number of carbonyl (C=O) groups excluding carboxylic acids is 1. The molecule has 0 atom stereocenters. The number of thioether (sulfide) groups is 1. The molecule has 0 radical (unpaired) electrons. The van der Waals surface area contributed by atoms with Gasteiger partial charge >= 0.3 is 6.09 Å². The smallest absolute Gasteiger partial charge is 0.407 e. The van der Waals surface area contributed by atoms with Crippen LogP contribution in [0.3, 0.4) is 0 Å². The van der Waals surface area contributed by atoms with E-state index in [0.717, 1.165) is 5.56 Å². The first-order chi connectivity index (χ1) is 11.7. The maximum absolute atomic E-state index is 11.7. The van der Waals surface area contributed by atoms with Gasteiger partial charge in [0.25, 0.3) is 5.56 Å². The van der Waals surface area contributed by atoms with Crippen LogP contribution in [0.15, 0.2) is 46.5 Å². The van der Waals surface area contributed by atoms with Gasteiger partial charge in [-0.3, -0.25) is 4.79 Å². The molecule has 0 saturated heterocycles. The van der Waals surface area contributed by atoms with Crippen LogP contribution in [-0.4, -0.2) is 28.9 Å². The molecule has 0 fully saturated rings. The summed E-state index contributed by atoms with van der Waals surface area (Å²) in [7, 11) is 0. The Hall–Kier alpha value is -2.72. The van der Waals surface area contributed by atoms with Crippen molar-refractivity contribution in [3.05, 3.63) is 58.0 Å². The highest BCUT2D eigenvalue weighted by atomic mass is 32.2. The second kappa shape index (κ2) is 9.43. The zero-order valence-electron chi connectivity index (χ0n) is 13.2. The van der Waals surface area contributed by atoms with Crippen molar-refractivity contribution in [2.75, 3.05) is 12.8 Å². The fourth-order valence-corrected chi connectivity index (χ4v) is 2.08. The van der Waals surface area contributed by atoms with Crippen LogP contribution in [0, 0.1) is 11.8 Å². The van der Waals surface area contributed by atoms with Gasteiger partial charge in [0.1, 0.15) is 12.2 Å². The summed E-state index contributed by atoms with van der Waals surface area (Å²) in [4.78, 5) is 29.9. The first kappa shape index (κ1) is 17.6. The Labute approximate surface area is 144 Å². The number of nitrogens with one attached hydrogen (secondary N) is 2. The van der Waals surface area contributed by atoms with Crippen LogP contribution in [0.1, 0.15) is 17.5 Å². The molecule has 2 rings (SSSR count). The van der Waals surface area contributed by atoms with Gasteiger partial charge in [-0.15, -0.1) is 0 Å². The number of hydrogen-bond donors (Lipinski definition) is 2. The Kier molecular flexibility index (Phi) is 6.92. The summed E-state index contributed by atoms with van der Waals surface area (Å²) in [5.41, 5.74) is 0.962.